The lowest BCUT2D eigenvalue weighted by atomic mass is 9.94. The van der Waals surface area contributed by atoms with Crippen molar-refractivity contribution in [2.75, 3.05) is 14.2 Å². The first kappa shape index (κ1) is 24.3. The Morgan fingerprint density at radius 2 is 1.69 bits per heavy atom. The Bertz CT molecular complexity index is 1190. The van der Waals surface area contributed by atoms with Gasteiger partial charge in [0.15, 0.2) is 0 Å². The van der Waals surface area contributed by atoms with Crippen molar-refractivity contribution in [3.8, 4) is 16.9 Å². The first-order valence-electron chi connectivity index (χ1n) is 11.8. The van der Waals surface area contributed by atoms with Crippen LogP contribution in [0.3, 0.4) is 0 Å². The highest BCUT2D eigenvalue weighted by atomic mass is 16.6. The fourth-order valence-corrected chi connectivity index (χ4v) is 4.15. The van der Waals surface area contributed by atoms with E-state index in [0.29, 0.717) is 12.3 Å². The molecule has 1 amide bonds. The van der Waals surface area contributed by atoms with Gasteiger partial charge in [-0.25, -0.2) is 4.79 Å². The minimum atomic E-state index is -0.310. The number of hydrogen-bond donors (Lipinski definition) is 0. The molecule has 0 spiro atoms. The van der Waals surface area contributed by atoms with E-state index in [0.717, 1.165) is 46.2 Å². The lowest BCUT2D eigenvalue weighted by Crippen LogP contribution is -2.33. The summed E-state index contributed by atoms with van der Waals surface area (Å²) in [5, 5.41) is 0. The van der Waals surface area contributed by atoms with Crippen LogP contribution in [0.15, 0.2) is 66.7 Å². The van der Waals surface area contributed by atoms with Gasteiger partial charge in [0, 0.05) is 18.2 Å². The van der Waals surface area contributed by atoms with Gasteiger partial charge in [-0.1, -0.05) is 60.2 Å². The standard InChI is InChI=1S/C29H31NO5/c1-20-9-13-25(26-16-22(17-28(31)34-3)10-14-27(26)33-2)23(15-20)18-30(24-11-12-24)29(32)35-19-21-7-5-4-6-8-21/h4-10,13-16,24H,11-12,17-19H2,1-3H3. The van der Waals surface area contributed by atoms with Crippen LogP contribution in [0.25, 0.3) is 11.1 Å². The highest BCUT2D eigenvalue weighted by Gasteiger charge is 2.34. The molecule has 0 atom stereocenters. The summed E-state index contributed by atoms with van der Waals surface area (Å²) in [6.45, 7) is 2.71. The van der Waals surface area contributed by atoms with Crippen molar-refractivity contribution >= 4 is 12.1 Å². The minimum absolute atomic E-state index is 0.175. The van der Waals surface area contributed by atoms with E-state index in [1.165, 1.54) is 7.11 Å². The van der Waals surface area contributed by atoms with Gasteiger partial charge in [0.05, 0.1) is 20.6 Å². The predicted molar refractivity (Wildman–Crippen MR) is 134 cm³/mol. The summed E-state index contributed by atoms with van der Waals surface area (Å²) in [5.41, 5.74) is 5.72. The third kappa shape index (κ3) is 6.21. The topological polar surface area (TPSA) is 65.1 Å². The van der Waals surface area contributed by atoms with E-state index < -0.39 is 0 Å². The Morgan fingerprint density at radius 1 is 0.914 bits per heavy atom. The molecular formula is C29H31NO5. The summed E-state index contributed by atoms with van der Waals surface area (Å²) in [7, 11) is 3.01. The predicted octanol–water partition coefficient (Wildman–Crippen LogP) is 5.69. The second kappa shape index (κ2) is 11.1. The van der Waals surface area contributed by atoms with Gasteiger partial charge in [0.25, 0.3) is 0 Å². The zero-order valence-corrected chi connectivity index (χ0v) is 20.5. The second-order valence-corrected chi connectivity index (χ2v) is 8.85. The summed E-state index contributed by atoms with van der Waals surface area (Å²) in [6, 6.07) is 21.8. The lowest BCUT2D eigenvalue weighted by molar-refractivity contribution is -0.139. The summed E-state index contributed by atoms with van der Waals surface area (Å²) in [6.07, 6.45) is 1.81. The van der Waals surface area contributed by atoms with Gasteiger partial charge in [0.2, 0.25) is 0 Å². The second-order valence-electron chi connectivity index (χ2n) is 8.85. The summed E-state index contributed by atoms with van der Waals surface area (Å²) in [5.74, 6) is 0.402. The number of benzene rings is 3. The van der Waals surface area contributed by atoms with Crippen LogP contribution in [0, 0.1) is 6.92 Å². The monoisotopic (exact) mass is 473 g/mol. The van der Waals surface area contributed by atoms with Crippen molar-refractivity contribution < 1.29 is 23.8 Å². The van der Waals surface area contributed by atoms with E-state index in [2.05, 4.69) is 6.07 Å². The van der Waals surface area contributed by atoms with Crippen LogP contribution in [0.5, 0.6) is 5.75 Å². The third-order valence-electron chi connectivity index (χ3n) is 6.16. The maximum absolute atomic E-state index is 13.1. The molecule has 1 aliphatic rings. The molecule has 0 N–H and O–H groups in total. The van der Waals surface area contributed by atoms with Crippen molar-refractivity contribution in [3.63, 3.8) is 0 Å². The molecule has 1 saturated carbocycles. The minimum Gasteiger partial charge on any atom is -0.496 e. The molecule has 0 unspecified atom stereocenters. The number of aryl methyl sites for hydroxylation is 1. The number of hydrogen-bond acceptors (Lipinski definition) is 5. The largest absolute Gasteiger partial charge is 0.496 e. The number of amides is 1. The number of rotatable bonds is 9. The number of carbonyl (C=O) groups excluding carboxylic acids is 2. The maximum Gasteiger partial charge on any atom is 0.410 e. The Hall–Kier alpha value is -3.80. The molecule has 0 aromatic heterocycles. The van der Waals surface area contributed by atoms with E-state index in [-0.39, 0.29) is 31.1 Å². The molecule has 6 nitrogen and oxygen atoms in total. The van der Waals surface area contributed by atoms with Crippen molar-refractivity contribution in [2.45, 2.75) is 45.4 Å². The van der Waals surface area contributed by atoms with E-state index >= 15 is 0 Å². The first-order valence-corrected chi connectivity index (χ1v) is 11.8. The molecule has 4 rings (SSSR count). The molecule has 0 radical (unpaired) electrons. The quantitative estimate of drug-likeness (QED) is 0.374. The van der Waals surface area contributed by atoms with Gasteiger partial charge in [-0.2, -0.15) is 0 Å². The first-order chi connectivity index (χ1) is 17.0. The molecule has 0 heterocycles. The molecule has 3 aromatic rings. The van der Waals surface area contributed by atoms with Crippen LogP contribution >= 0.6 is 0 Å². The Balaban J connectivity index is 1.62. The van der Waals surface area contributed by atoms with E-state index in [4.69, 9.17) is 14.2 Å². The number of nitrogens with zero attached hydrogens (tertiary/aromatic N) is 1. The molecule has 1 fully saturated rings. The van der Waals surface area contributed by atoms with Gasteiger partial charge in [-0.05, 0) is 54.2 Å². The van der Waals surface area contributed by atoms with Crippen LogP contribution in [-0.4, -0.2) is 37.2 Å². The van der Waals surface area contributed by atoms with Gasteiger partial charge >= 0.3 is 12.1 Å². The zero-order valence-electron chi connectivity index (χ0n) is 20.5. The van der Waals surface area contributed by atoms with Gasteiger partial charge in [0.1, 0.15) is 12.4 Å². The Kier molecular flexibility index (Phi) is 7.70. The molecule has 0 aliphatic heterocycles. The smallest absolute Gasteiger partial charge is 0.410 e. The van der Waals surface area contributed by atoms with Crippen LogP contribution in [0.1, 0.15) is 35.1 Å². The average molecular weight is 474 g/mol. The third-order valence-corrected chi connectivity index (χ3v) is 6.16. The normalized spacial score (nSPS) is 12.7. The molecule has 35 heavy (non-hydrogen) atoms. The number of ether oxygens (including phenoxy) is 3. The van der Waals surface area contributed by atoms with Crippen LogP contribution in [0.4, 0.5) is 4.79 Å². The SMILES string of the molecule is COC(=O)Cc1ccc(OC)c(-c2ccc(C)cc2CN(C(=O)OCc2ccccc2)C2CC2)c1. The van der Waals surface area contributed by atoms with Crippen molar-refractivity contribution in [3.05, 3.63) is 89.0 Å². The van der Waals surface area contributed by atoms with E-state index in [1.807, 2.05) is 72.5 Å². The van der Waals surface area contributed by atoms with Crippen molar-refractivity contribution in [1.82, 2.24) is 4.90 Å². The van der Waals surface area contributed by atoms with Gasteiger partial charge < -0.3 is 19.1 Å². The van der Waals surface area contributed by atoms with E-state index in [1.54, 1.807) is 7.11 Å². The van der Waals surface area contributed by atoms with Gasteiger partial charge in [-0.15, -0.1) is 0 Å². The van der Waals surface area contributed by atoms with E-state index in [9.17, 15) is 9.59 Å². The lowest BCUT2D eigenvalue weighted by Gasteiger charge is -2.24. The highest BCUT2D eigenvalue weighted by Crippen LogP contribution is 2.36. The number of carbonyl (C=O) groups is 2. The Morgan fingerprint density at radius 3 is 2.37 bits per heavy atom. The summed E-state index contributed by atoms with van der Waals surface area (Å²) >= 11 is 0. The molecule has 0 saturated heterocycles. The molecule has 6 heteroatoms. The fraction of sp³-hybridized carbons (Fsp3) is 0.310. The summed E-state index contributed by atoms with van der Waals surface area (Å²) in [4.78, 5) is 26.8. The van der Waals surface area contributed by atoms with Gasteiger partial charge in [-0.3, -0.25) is 4.79 Å². The number of methoxy groups -OCH3 is 2. The van der Waals surface area contributed by atoms with Crippen LogP contribution in [-0.2, 0) is 33.8 Å². The van der Waals surface area contributed by atoms with Crippen molar-refractivity contribution in [2.24, 2.45) is 0 Å². The average Bonchev–Trinajstić information content (AvgIpc) is 3.72. The molecule has 0 bridgehead atoms. The molecule has 1 aliphatic carbocycles. The fourth-order valence-electron chi connectivity index (χ4n) is 4.15. The maximum atomic E-state index is 13.1. The molecular weight excluding hydrogens is 442 g/mol. The summed E-state index contributed by atoms with van der Waals surface area (Å²) < 4.78 is 16.2. The zero-order chi connectivity index (χ0) is 24.8. The molecule has 182 valence electrons. The van der Waals surface area contributed by atoms with Crippen LogP contribution < -0.4 is 4.74 Å². The Labute approximate surface area is 206 Å². The number of esters is 1. The van der Waals surface area contributed by atoms with Crippen LogP contribution in [0.2, 0.25) is 0 Å². The van der Waals surface area contributed by atoms with Crippen molar-refractivity contribution in [1.29, 1.82) is 0 Å². The highest BCUT2D eigenvalue weighted by molar-refractivity contribution is 5.78. The molecule has 3 aromatic carbocycles.